The molecule has 3 aromatic rings. The fourth-order valence-electron chi connectivity index (χ4n) is 5.87. The zero-order valence-corrected chi connectivity index (χ0v) is 20.2. The summed E-state index contributed by atoms with van der Waals surface area (Å²) < 4.78 is 60.5. The molecule has 1 saturated heterocycles. The lowest BCUT2D eigenvalue weighted by Gasteiger charge is -2.20. The van der Waals surface area contributed by atoms with Crippen LogP contribution >= 0.6 is 0 Å². The van der Waals surface area contributed by atoms with E-state index in [-0.39, 0.29) is 29.0 Å². The van der Waals surface area contributed by atoms with E-state index in [1.54, 1.807) is 18.5 Å². The molecule has 3 fully saturated rings. The highest BCUT2D eigenvalue weighted by molar-refractivity contribution is 5.90. The van der Waals surface area contributed by atoms with Crippen molar-refractivity contribution < 1.29 is 22.7 Å². The SMILES string of the molecule is Cc1nc(N)cc(-c2nc(C(C)C(C)O)c3c(C4[C@H]5CNC[C@@H]45)nn(C4CC4)c3c2F)c1C(F)(F)F. The van der Waals surface area contributed by atoms with Crippen LogP contribution < -0.4 is 11.1 Å². The third kappa shape index (κ3) is 3.50. The van der Waals surface area contributed by atoms with E-state index in [1.165, 1.54) is 6.92 Å². The van der Waals surface area contributed by atoms with E-state index in [2.05, 4.69) is 15.3 Å². The zero-order valence-electron chi connectivity index (χ0n) is 20.2. The number of fused-ring (bicyclic) bond motifs is 2. The third-order valence-corrected chi connectivity index (χ3v) is 8.06. The number of nitrogens with zero attached hydrogens (tertiary/aromatic N) is 4. The standard InChI is InChI=1S/C25H28F4N6O/c1-9(11(3)36)21-18-23(17-14-7-31-8-15(14)17)34-35(12-4-5-12)24(18)20(26)22(33-21)13-6-16(30)32-10(2)19(13)25(27,28)29/h6,9,11-12,14-15,17,31,36H,4-5,7-8H2,1-3H3,(H2,30,32)/t9?,11?,14-,15+,17?. The summed E-state index contributed by atoms with van der Waals surface area (Å²) in [7, 11) is 0. The van der Waals surface area contributed by atoms with E-state index in [4.69, 9.17) is 10.8 Å². The lowest BCUT2D eigenvalue weighted by Crippen LogP contribution is -2.17. The van der Waals surface area contributed by atoms with Crippen LogP contribution in [0.4, 0.5) is 23.4 Å². The van der Waals surface area contributed by atoms with E-state index < -0.39 is 40.8 Å². The van der Waals surface area contributed by atoms with Gasteiger partial charge in [0.25, 0.3) is 0 Å². The average Bonchev–Trinajstić information content (AvgIpc) is 3.66. The fraction of sp³-hybridized carbons (Fsp3) is 0.560. The number of rotatable bonds is 5. The highest BCUT2D eigenvalue weighted by atomic mass is 19.4. The molecule has 11 heteroatoms. The van der Waals surface area contributed by atoms with Gasteiger partial charge in [-0.3, -0.25) is 4.68 Å². The Bertz CT molecular complexity index is 1370. The third-order valence-electron chi connectivity index (χ3n) is 8.06. The fourth-order valence-corrected chi connectivity index (χ4v) is 5.87. The molecule has 4 heterocycles. The summed E-state index contributed by atoms with van der Waals surface area (Å²) in [5, 5.41) is 19.2. The Balaban J connectivity index is 1.68. The highest BCUT2D eigenvalue weighted by Crippen LogP contribution is 2.58. The van der Waals surface area contributed by atoms with Gasteiger partial charge in [-0.2, -0.15) is 18.3 Å². The Morgan fingerprint density at radius 2 is 1.83 bits per heavy atom. The molecule has 0 amide bonds. The van der Waals surface area contributed by atoms with Crippen LogP contribution in [-0.2, 0) is 6.18 Å². The second-order valence-corrected chi connectivity index (χ2v) is 10.5. The highest BCUT2D eigenvalue weighted by Gasteiger charge is 2.56. The van der Waals surface area contributed by atoms with Gasteiger partial charge < -0.3 is 16.2 Å². The number of aliphatic hydroxyl groups is 1. The van der Waals surface area contributed by atoms with Crippen LogP contribution in [0.5, 0.6) is 0 Å². The maximum Gasteiger partial charge on any atom is 0.418 e. The van der Waals surface area contributed by atoms with Crippen molar-refractivity contribution in [1.82, 2.24) is 25.1 Å². The zero-order chi connectivity index (χ0) is 25.7. The van der Waals surface area contributed by atoms with Crippen LogP contribution in [0.3, 0.4) is 0 Å². The largest absolute Gasteiger partial charge is 0.418 e. The molecule has 0 aromatic carbocycles. The molecule has 3 unspecified atom stereocenters. The molecule has 2 aliphatic carbocycles. The number of nitrogens with two attached hydrogens (primary N) is 1. The summed E-state index contributed by atoms with van der Waals surface area (Å²) in [5.74, 6) is -0.632. The van der Waals surface area contributed by atoms with Crippen LogP contribution in [0, 0.1) is 24.6 Å². The predicted octanol–water partition coefficient (Wildman–Crippen LogP) is 4.29. The number of piperidine rings is 1. The average molecular weight is 505 g/mol. The number of pyridine rings is 2. The molecule has 0 bridgehead atoms. The van der Waals surface area contributed by atoms with Crippen molar-refractivity contribution in [3.8, 4) is 11.3 Å². The first kappa shape index (κ1) is 23.6. The molecular weight excluding hydrogens is 476 g/mol. The summed E-state index contributed by atoms with van der Waals surface area (Å²) in [4.78, 5) is 8.29. The van der Waals surface area contributed by atoms with Crippen molar-refractivity contribution in [2.45, 2.75) is 63.8 Å². The van der Waals surface area contributed by atoms with Gasteiger partial charge >= 0.3 is 6.18 Å². The van der Waals surface area contributed by atoms with E-state index in [9.17, 15) is 18.3 Å². The van der Waals surface area contributed by atoms with Gasteiger partial charge in [-0.25, -0.2) is 14.4 Å². The van der Waals surface area contributed by atoms with E-state index in [0.717, 1.165) is 37.7 Å². The molecule has 0 radical (unpaired) electrons. The van der Waals surface area contributed by atoms with Crippen LogP contribution in [0.2, 0.25) is 0 Å². The van der Waals surface area contributed by atoms with Crippen LogP contribution in [0.25, 0.3) is 22.2 Å². The van der Waals surface area contributed by atoms with Crippen molar-refractivity contribution in [3.05, 3.63) is 34.5 Å². The Morgan fingerprint density at radius 3 is 2.42 bits per heavy atom. The number of nitrogen functional groups attached to an aromatic ring is 1. The summed E-state index contributed by atoms with van der Waals surface area (Å²) in [6.07, 6.45) is -4.01. The van der Waals surface area contributed by atoms with Gasteiger partial charge in [0.15, 0.2) is 5.82 Å². The first-order chi connectivity index (χ1) is 17.0. The molecule has 36 heavy (non-hydrogen) atoms. The summed E-state index contributed by atoms with van der Waals surface area (Å²) >= 11 is 0. The van der Waals surface area contributed by atoms with Crippen molar-refractivity contribution >= 4 is 16.7 Å². The maximum atomic E-state index is 16.4. The molecule has 3 aliphatic rings. The van der Waals surface area contributed by atoms with Crippen LogP contribution in [0.1, 0.15) is 67.2 Å². The number of nitrogens with one attached hydrogen (secondary N) is 1. The van der Waals surface area contributed by atoms with Gasteiger partial charge in [-0.15, -0.1) is 0 Å². The van der Waals surface area contributed by atoms with Crippen LogP contribution in [-0.4, -0.2) is 44.0 Å². The lowest BCUT2D eigenvalue weighted by atomic mass is 9.93. The number of hydrogen-bond donors (Lipinski definition) is 3. The van der Waals surface area contributed by atoms with Gasteiger partial charge in [0.05, 0.1) is 34.8 Å². The molecule has 6 rings (SSSR count). The number of halogens is 4. The number of aliphatic hydroxyl groups excluding tert-OH is 1. The number of alkyl halides is 3. The number of aryl methyl sites for hydroxylation is 1. The van der Waals surface area contributed by atoms with Gasteiger partial charge in [-0.05, 0) is 57.7 Å². The van der Waals surface area contributed by atoms with Gasteiger partial charge in [0.2, 0.25) is 0 Å². The van der Waals surface area contributed by atoms with E-state index in [0.29, 0.717) is 22.9 Å². The summed E-state index contributed by atoms with van der Waals surface area (Å²) in [6, 6.07) is 1.02. The first-order valence-electron chi connectivity index (χ1n) is 12.3. The number of anilines is 1. The Hall–Kier alpha value is -2.79. The van der Waals surface area contributed by atoms with Crippen molar-refractivity contribution in [2.24, 2.45) is 11.8 Å². The predicted molar refractivity (Wildman–Crippen MR) is 126 cm³/mol. The maximum absolute atomic E-state index is 16.4. The monoisotopic (exact) mass is 504 g/mol. The normalized spacial score (nSPS) is 25.3. The molecular formula is C25H28F4N6O. The first-order valence-corrected chi connectivity index (χ1v) is 12.3. The van der Waals surface area contributed by atoms with E-state index >= 15 is 4.39 Å². The quantitative estimate of drug-likeness (QED) is 0.448. The lowest BCUT2D eigenvalue weighted by molar-refractivity contribution is -0.137. The van der Waals surface area contributed by atoms with Crippen molar-refractivity contribution in [2.75, 3.05) is 18.8 Å². The molecule has 192 valence electrons. The van der Waals surface area contributed by atoms with Crippen molar-refractivity contribution in [1.29, 1.82) is 0 Å². The number of hydrogen-bond acceptors (Lipinski definition) is 6. The van der Waals surface area contributed by atoms with Crippen LogP contribution in [0.15, 0.2) is 6.07 Å². The Morgan fingerprint density at radius 1 is 1.17 bits per heavy atom. The molecule has 3 aromatic heterocycles. The number of aromatic nitrogens is 4. The van der Waals surface area contributed by atoms with E-state index in [1.807, 2.05) is 0 Å². The second kappa shape index (κ2) is 7.85. The minimum Gasteiger partial charge on any atom is -0.393 e. The molecule has 1 aliphatic heterocycles. The Labute approximate surface area is 205 Å². The molecule has 0 spiro atoms. The molecule has 2 saturated carbocycles. The van der Waals surface area contributed by atoms with Gasteiger partial charge in [-0.1, -0.05) is 6.92 Å². The Kier molecular flexibility index (Phi) is 5.15. The van der Waals surface area contributed by atoms with Gasteiger partial charge in [0.1, 0.15) is 17.0 Å². The van der Waals surface area contributed by atoms with Crippen molar-refractivity contribution in [3.63, 3.8) is 0 Å². The molecule has 5 atom stereocenters. The minimum atomic E-state index is -4.79. The smallest absolute Gasteiger partial charge is 0.393 e. The topological polar surface area (TPSA) is 102 Å². The summed E-state index contributed by atoms with van der Waals surface area (Å²) in [6.45, 7) is 6.25. The summed E-state index contributed by atoms with van der Waals surface area (Å²) in [5.41, 5.74) is 4.77. The second-order valence-electron chi connectivity index (χ2n) is 10.5. The molecule has 4 N–H and O–H groups in total. The van der Waals surface area contributed by atoms with Gasteiger partial charge in [0, 0.05) is 22.8 Å². The minimum absolute atomic E-state index is 0.0104. The molecule has 7 nitrogen and oxygen atoms in total.